The Hall–Kier alpha value is -0.840. The van der Waals surface area contributed by atoms with Crippen molar-refractivity contribution >= 4 is 34.2 Å². The third kappa shape index (κ3) is 3.84. The number of carbonyl (C=O) groups is 1. The minimum atomic E-state index is 0.0163. The summed E-state index contributed by atoms with van der Waals surface area (Å²) >= 11 is 2.24. The molecule has 0 aliphatic carbocycles. The summed E-state index contributed by atoms with van der Waals surface area (Å²) in [7, 11) is 1.80. The molecule has 0 aliphatic rings. The number of hydrogen-bond acceptors (Lipinski definition) is 1. The normalized spacial score (nSPS) is 10.1. The first kappa shape index (κ1) is 14.2. The Labute approximate surface area is 117 Å². The Bertz CT molecular complexity index is 414. The molecular formula is C14H18INO. The van der Waals surface area contributed by atoms with Gasteiger partial charge in [-0.25, -0.2) is 0 Å². The first-order valence-corrected chi connectivity index (χ1v) is 6.86. The highest BCUT2D eigenvalue weighted by Crippen LogP contribution is 2.22. The molecule has 0 fully saturated rings. The molecule has 0 spiro atoms. The Kier molecular flexibility index (Phi) is 5.68. The second-order valence-electron chi connectivity index (χ2n) is 4.02. The number of likely N-dealkylation sites (N-methyl/N-ethyl adjacent to an activating group) is 1. The summed E-state index contributed by atoms with van der Waals surface area (Å²) in [6, 6.07) is 7.85. The smallest absolute Gasteiger partial charge is 0.253 e. The van der Waals surface area contributed by atoms with Crippen LogP contribution >= 0.6 is 22.6 Å². The molecule has 1 aromatic rings. The third-order valence-electron chi connectivity index (χ3n) is 2.65. The predicted octanol–water partition coefficient (Wildman–Crippen LogP) is 4.00. The average Bonchev–Trinajstić information content (AvgIpc) is 2.34. The van der Waals surface area contributed by atoms with Crippen molar-refractivity contribution in [3.05, 3.63) is 40.0 Å². The largest absolute Gasteiger partial charge is 0.311 e. The molecule has 0 N–H and O–H groups in total. The number of rotatable bonds is 5. The van der Waals surface area contributed by atoms with Gasteiger partial charge in [-0.2, -0.15) is 0 Å². The summed E-state index contributed by atoms with van der Waals surface area (Å²) in [5.41, 5.74) is 1.63. The van der Waals surface area contributed by atoms with Crippen LogP contribution in [0.15, 0.2) is 36.4 Å². The van der Waals surface area contributed by atoms with E-state index in [4.69, 9.17) is 0 Å². The van der Waals surface area contributed by atoms with Gasteiger partial charge in [0, 0.05) is 16.2 Å². The van der Waals surface area contributed by atoms with Crippen molar-refractivity contribution in [2.45, 2.75) is 26.2 Å². The summed E-state index contributed by atoms with van der Waals surface area (Å²) in [4.78, 5) is 13.8. The summed E-state index contributed by atoms with van der Waals surface area (Å²) < 4.78 is 1.07. The van der Waals surface area contributed by atoms with E-state index in [9.17, 15) is 4.79 Å². The molecule has 1 amide bonds. The van der Waals surface area contributed by atoms with Crippen LogP contribution in [0.2, 0.25) is 0 Å². The lowest BCUT2D eigenvalue weighted by Gasteiger charge is -2.19. The standard InChI is InChI=1S/C14H18INO/c1-4-5-8-11(2)14(17)16(3)13-10-7-6-9-12(13)15/h6-7,9-10H,2,4-5,8H2,1,3H3. The van der Waals surface area contributed by atoms with Gasteiger partial charge >= 0.3 is 0 Å². The molecule has 0 unspecified atom stereocenters. The number of benzene rings is 1. The number of hydrogen-bond donors (Lipinski definition) is 0. The summed E-state index contributed by atoms with van der Waals surface area (Å²) in [6.07, 6.45) is 2.88. The fourth-order valence-electron chi connectivity index (χ4n) is 1.57. The zero-order valence-corrected chi connectivity index (χ0v) is 12.5. The molecule has 1 rings (SSSR count). The molecule has 0 aromatic heterocycles. The molecule has 0 bridgehead atoms. The number of anilines is 1. The molecular weight excluding hydrogens is 325 g/mol. The highest BCUT2D eigenvalue weighted by molar-refractivity contribution is 14.1. The van der Waals surface area contributed by atoms with Gasteiger partial charge in [0.2, 0.25) is 0 Å². The maximum Gasteiger partial charge on any atom is 0.253 e. The van der Waals surface area contributed by atoms with Crippen LogP contribution in [0.3, 0.4) is 0 Å². The van der Waals surface area contributed by atoms with E-state index in [2.05, 4.69) is 36.1 Å². The van der Waals surface area contributed by atoms with E-state index in [1.54, 1.807) is 11.9 Å². The van der Waals surface area contributed by atoms with Crippen LogP contribution in [0.5, 0.6) is 0 Å². The van der Waals surface area contributed by atoms with Crippen molar-refractivity contribution < 1.29 is 4.79 Å². The lowest BCUT2D eigenvalue weighted by atomic mass is 10.1. The molecule has 0 radical (unpaired) electrons. The van der Waals surface area contributed by atoms with Gasteiger partial charge in [-0.1, -0.05) is 32.1 Å². The van der Waals surface area contributed by atoms with Crippen molar-refractivity contribution in [1.82, 2.24) is 0 Å². The molecule has 1 aromatic carbocycles. The predicted molar refractivity (Wildman–Crippen MR) is 81.2 cm³/mol. The molecule has 2 nitrogen and oxygen atoms in total. The van der Waals surface area contributed by atoms with E-state index in [1.807, 2.05) is 24.3 Å². The lowest BCUT2D eigenvalue weighted by molar-refractivity contribution is -0.115. The summed E-state index contributed by atoms with van der Waals surface area (Å²) in [5, 5.41) is 0. The van der Waals surface area contributed by atoms with Gasteiger partial charge in [-0.05, 0) is 47.6 Å². The number of unbranched alkanes of at least 4 members (excludes halogenated alkanes) is 1. The van der Waals surface area contributed by atoms with Crippen molar-refractivity contribution in [2.75, 3.05) is 11.9 Å². The minimum absolute atomic E-state index is 0.0163. The zero-order chi connectivity index (χ0) is 12.8. The van der Waals surface area contributed by atoms with Crippen LogP contribution < -0.4 is 4.90 Å². The van der Waals surface area contributed by atoms with E-state index in [1.165, 1.54) is 0 Å². The van der Waals surface area contributed by atoms with Gasteiger partial charge in [0.05, 0.1) is 5.69 Å². The third-order valence-corrected chi connectivity index (χ3v) is 3.57. The second-order valence-corrected chi connectivity index (χ2v) is 5.18. The van der Waals surface area contributed by atoms with E-state index in [0.717, 1.165) is 28.5 Å². The monoisotopic (exact) mass is 343 g/mol. The molecule has 3 heteroatoms. The zero-order valence-electron chi connectivity index (χ0n) is 10.4. The number of nitrogens with zero attached hydrogens (tertiary/aromatic N) is 1. The highest BCUT2D eigenvalue weighted by atomic mass is 127. The Morgan fingerprint density at radius 1 is 1.41 bits per heavy atom. The van der Waals surface area contributed by atoms with Gasteiger partial charge in [0.25, 0.3) is 5.91 Å². The van der Waals surface area contributed by atoms with Crippen LogP contribution in [-0.4, -0.2) is 13.0 Å². The maximum absolute atomic E-state index is 12.1. The summed E-state index contributed by atoms with van der Waals surface area (Å²) in [6.45, 7) is 5.99. The summed E-state index contributed by atoms with van der Waals surface area (Å²) in [5.74, 6) is 0.0163. The van der Waals surface area contributed by atoms with Gasteiger partial charge in [-0.3, -0.25) is 4.79 Å². The number of carbonyl (C=O) groups excluding carboxylic acids is 1. The van der Waals surface area contributed by atoms with E-state index < -0.39 is 0 Å². The Morgan fingerprint density at radius 3 is 2.65 bits per heavy atom. The van der Waals surface area contributed by atoms with Crippen molar-refractivity contribution in [1.29, 1.82) is 0 Å². The molecule has 0 heterocycles. The number of halogens is 1. The second kappa shape index (κ2) is 6.79. The SMILES string of the molecule is C=C(CCCC)C(=O)N(C)c1ccccc1I. The van der Waals surface area contributed by atoms with Gasteiger partial charge in [0.15, 0.2) is 0 Å². The van der Waals surface area contributed by atoms with Crippen LogP contribution in [0.25, 0.3) is 0 Å². The number of para-hydroxylation sites is 1. The Morgan fingerprint density at radius 2 is 2.06 bits per heavy atom. The van der Waals surface area contributed by atoms with Crippen LogP contribution in [0.4, 0.5) is 5.69 Å². The fourth-order valence-corrected chi connectivity index (χ4v) is 2.32. The van der Waals surface area contributed by atoms with Gasteiger partial charge in [-0.15, -0.1) is 0 Å². The molecule has 0 atom stereocenters. The van der Waals surface area contributed by atoms with Crippen molar-refractivity contribution in [3.63, 3.8) is 0 Å². The van der Waals surface area contributed by atoms with Crippen LogP contribution in [0, 0.1) is 3.57 Å². The molecule has 0 aliphatic heterocycles. The van der Waals surface area contributed by atoms with E-state index >= 15 is 0 Å². The van der Waals surface area contributed by atoms with E-state index in [0.29, 0.717) is 5.57 Å². The maximum atomic E-state index is 12.1. The lowest BCUT2D eigenvalue weighted by Crippen LogP contribution is -2.28. The van der Waals surface area contributed by atoms with E-state index in [-0.39, 0.29) is 5.91 Å². The van der Waals surface area contributed by atoms with Gasteiger partial charge < -0.3 is 4.90 Å². The average molecular weight is 343 g/mol. The van der Waals surface area contributed by atoms with Crippen LogP contribution in [-0.2, 0) is 4.79 Å². The Balaban J connectivity index is 2.76. The fraction of sp³-hybridized carbons (Fsp3) is 0.357. The molecule has 0 saturated carbocycles. The first-order valence-electron chi connectivity index (χ1n) is 5.78. The quantitative estimate of drug-likeness (QED) is 0.585. The topological polar surface area (TPSA) is 20.3 Å². The molecule has 17 heavy (non-hydrogen) atoms. The highest BCUT2D eigenvalue weighted by Gasteiger charge is 2.15. The van der Waals surface area contributed by atoms with Gasteiger partial charge in [0.1, 0.15) is 0 Å². The first-order chi connectivity index (χ1) is 8.07. The van der Waals surface area contributed by atoms with Crippen molar-refractivity contribution in [2.24, 2.45) is 0 Å². The molecule has 92 valence electrons. The molecule has 0 saturated heterocycles. The minimum Gasteiger partial charge on any atom is -0.311 e. The number of amides is 1. The van der Waals surface area contributed by atoms with Crippen LogP contribution in [0.1, 0.15) is 26.2 Å². The van der Waals surface area contributed by atoms with Crippen molar-refractivity contribution in [3.8, 4) is 0 Å².